The summed E-state index contributed by atoms with van der Waals surface area (Å²) in [7, 11) is 0. The monoisotopic (exact) mass is 194 g/mol. The smallest absolute Gasteiger partial charge is 0.0501 e. The molecule has 2 aromatic rings. The molecule has 0 fully saturated rings. The predicted molar refractivity (Wildman–Crippen MR) is 63.8 cm³/mol. The lowest BCUT2D eigenvalue weighted by molar-refractivity contribution is 1.37. The zero-order valence-electron chi connectivity index (χ0n) is 9.12. The fraction of sp³-hybridized carbons (Fsp3) is 0.133. The van der Waals surface area contributed by atoms with E-state index in [1.54, 1.807) is 0 Å². The SMILES string of the molecule is Cc1ccc([C]c2ccc(C)cc2)cc1. The first-order valence-corrected chi connectivity index (χ1v) is 5.14. The van der Waals surface area contributed by atoms with Crippen LogP contribution in [-0.2, 0) is 0 Å². The van der Waals surface area contributed by atoms with Gasteiger partial charge in [0.1, 0.15) is 0 Å². The van der Waals surface area contributed by atoms with Crippen molar-refractivity contribution in [3.05, 3.63) is 77.2 Å². The Morgan fingerprint density at radius 2 is 0.933 bits per heavy atom. The van der Waals surface area contributed by atoms with Gasteiger partial charge in [-0.3, -0.25) is 0 Å². The number of rotatable bonds is 2. The molecule has 0 bridgehead atoms. The molecule has 0 aromatic heterocycles. The minimum Gasteiger partial charge on any atom is -0.0590 e. The molecule has 2 rings (SSSR count). The van der Waals surface area contributed by atoms with Gasteiger partial charge in [0.25, 0.3) is 0 Å². The Bertz CT molecular complexity index is 377. The minimum absolute atomic E-state index is 1.13. The molecule has 0 aliphatic heterocycles. The highest BCUT2D eigenvalue weighted by Crippen LogP contribution is 2.13. The third kappa shape index (κ3) is 2.69. The molecule has 0 unspecified atom stereocenters. The van der Waals surface area contributed by atoms with E-state index in [9.17, 15) is 0 Å². The molecule has 0 atom stereocenters. The maximum atomic E-state index is 3.36. The second kappa shape index (κ2) is 4.31. The first-order valence-electron chi connectivity index (χ1n) is 5.14. The molecule has 2 radical (unpaired) electrons. The summed E-state index contributed by atoms with van der Waals surface area (Å²) in [4.78, 5) is 0. The van der Waals surface area contributed by atoms with E-state index < -0.39 is 0 Å². The summed E-state index contributed by atoms with van der Waals surface area (Å²) < 4.78 is 0. The average molecular weight is 194 g/mol. The molecular weight excluding hydrogens is 180 g/mol. The lowest BCUT2D eigenvalue weighted by Gasteiger charge is -2.01. The summed E-state index contributed by atoms with van der Waals surface area (Å²) in [6.07, 6.45) is 3.36. The van der Waals surface area contributed by atoms with Crippen LogP contribution >= 0.6 is 0 Å². The molecule has 0 nitrogen and oxygen atoms in total. The Balaban J connectivity index is 2.15. The fourth-order valence-corrected chi connectivity index (χ4v) is 1.44. The number of aryl methyl sites for hydroxylation is 2. The van der Waals surface area contributed by atoms with E-state index in [1.165, 1.54) is 11.1 Å². The number of hydrogen-bond acceptors (Lipinski definition) is 0. The highest BCUT2D eigenvalue weighted by Gasteiger charge is 1.96. The van der Waals surface area contributed by atoms with Crippen molar-refractivity contribution in [1.82, 2.24) is 0 Å². The predicted octanol–water partition coefficient (Wildman–Crippen LogP) is 3.78. The van der Waals surface area contributed by atoms with Crippen molar-refractivity contribution in [2.75, 3.05) is 0 Å². The van der Waals surface area contributed by atoms with E-state index in [1.807, 2.05) is 0 Å². The highest BCUT2D eigenvalue weighted by atomic mass is 14.0. The van der Waals surface area contributed by atoms with Crippen LogP contribution in [0.3, 0.4) is 0 Å². The molecule has 0 heteroatoms. The molecule has 0 saturated carbocycles. The van der Waals surface area contributed by atoms with Gasteiger partial charge < -0.3 is 0 Å². The molecule has 2 aromatic carbocycles. The normalized spacial score (nSPS) is 10.3. The molecule has 0 aliphatic rings. The first-order chi connectivity index (χ1) is 7.24. The van der Waals surface area contributed by atoms with Gasteiger partial charge in [-0.1, -0.05) is 59.7 Å². The van der Waals surface area contributed by atoms with Gasteiger partial charge in [-0.25, -0.2) is 0 Å². The van der Waals surface area contributed by atoms with Gasteiger partial charge in [-0.05, 0) is 25.0 Å². The van der Waals surface area contributed by atoms with Gasteiger partial charge in [0, 0.05) is 0 Å². The van der Waals surface area contributed by atoms with Crippen molar-refractivity contribution in [2.45, 2.75) is 13.8 Å². The van der Waals surface area contributed by atoms with Crippen molar-refractivity contribution in [2.24, 2.45) is 0 Å². The van der Waals surface area contributed by atoms with Crippen LogP contribution in [0.1, 0.15) is 22.3 Å². The van der Waals surface area contributed by atoms with Crippen LogP contribution in [0.2, 0.25) is 0 Å². The zero-order valence-corrected chi connectivity index (χ0v) is 9.12. The van der Waals surface area contributed by atoms with Crippen LogP contribution in [0.25, 0.3) is 0 Å². The van der Waals surface area contributed by atoms with Crippen LogP contribution in [0, 0.1) is 20.3 Å². The summed E-state index contributed by atoms with van der Waals surface area (Å²) in [5.74, 6) is 0. The standard InChI is InChI=1S/C15H14/c1-12-3-7-14(8-4-12)11-15-9-5-13(2)6-10-15/h3-10H,1-2H3. The summed E-state index contributed by atoms with van der Waals surface area (Å²) in [5.41, 5.74) is 4.82. The van der Waals surface area contributed by atoms with E-state index in [0.29, 0.717) is 0 Å². The van der Waals surface area contributed by atoms with Crippen LogP contribution < -0.4 is 0 Å². The molecular formula is C15H14. The van der Waals surface area contributed by atoms with Crippen molar-refractivity contribution in [1.29, 1.82) is 0 Å². The summed E-state index contributed by atoms with van der Waals surface area (Å²) in [6, 6.07) is 16.8. The Hall–Kier alpha value is -1.56. The van der Waals surface area contributed by atoms with E-state index in [2.05, 4.69) is 68.8 Å². The Kier molecular flexibility index (Phi) is 2.86. The van der Waals surface area contributed by atoms with Crippen molar-refractivity contribution < 1.29 is 0 Å². The van der Waals surface area contributed by atoms with Crippen LogP contribution in [0.5, 0.6) is 0 Å². The Labute approximate surface area is 91.6 Å². The largest absolute Gasteiger partial charge is 0.0590 e. The second-order valence-electron chi connectivity index (χ2n) is 3.86. The second-order valence-corrected chi connectivity index (χ2v) is 3.86. The first kappa shape index (κ1) is 9.97. The van der Waals surface area contributed by atoms with Crippen molar-refractivity contribution in [3.63, 3.8) is 0 Å². The maximum absolute atomic E-state index is 3.36. The summed E-state index contributed by atoms with van der Waals surface area (Å²) in [6.45, 7) is 4.19. The third-order valence-corrected chi connectivity index (χ3v) is 2.39. The molecule has 0 heterocycles. The van der Waals surface area contributed by atoms with Crippen LogP contribution in [-0.4, -0.2) is 0 Å². The lowest BCUT2D eigenvalue weighted by Crippen LogP contribution is -1.85. The fourth-order valence-electron chi connectivity index (χ4n) is 1.44. The number of benzene rings is 2. The molecule has 0 spiro atoms. The van der Waals surface area contributed by atoms with E-state index in [4.69, 9.17) is 0 Å². The number of hydrogen-bond donors (Lipinski definition) is 0. The lowest BCUT2D eigenvalue weighted by atomic mass is 10.0. The van der Waals surface area contributed by atoms with E-state index in [-0.39, 0.29) is 0 Å². The summed E-state index contributed by atoms with van der Waals surface area (Å²) in [5, 5.41) is 0. The maximum Gasteiger partial charge on any atom is 0.0501 e. The Morgan fingerprint density at radius 3 is 1.27 bits per heavy atom. The van der Waals surface area contributed by atoms with Gasteiger partial charge in [0.05, 0.1) is 6.42 Å². The molecule has 74 valence electrons. The van der Waals surface area contributed by atoms with Crippen molar-refractivity contribution in [3.8, 4) is 0 Å². The van der Waals surface area contributed by atoms with E-state index in [0.717, 1.165) is 11.1 Å². The van der Waals surface area contributed by atoms with Gasteiger partial charge in [0.2, 0.25) is 0 Å². The minimum atomic E-state index is 1.13. The zero-order chi connectivity index (χ0) is 10.7. The topological polar surface area (TPSA) is 0 Å². The third-order valence-electron chi connectivity index (χ3n) is 2.39. The van der Waals surface area contributed by atoms with Crippen molar-refractivity contribution >= 4 is 0 Å². The summed E-state index contributed by atoms with van der Waals surface area (Å²) >= 11 is 0. The van der Waals surface area contributed by atoms with E-state index >= 15 is 0 Å². The van der Waals surface area contributed by atoms with Crippen LogP contribution in [0.15, 0.2) is 48.5 Å². The van der Waals surface area contributed by atoms with Gasteiger partial charge in [-0.15, -0.1) is 0 Å². The van der Waals surface area contributed by atoms with Gasteiger partial charge in [-0.2, -0.15) is 0 Å². The van der Waals surface area contributed by atoms with Gasteiger partial charge in [0.15, 0.2) is 0 Å². The highest BCUT2D eigenvalue weighted by molar-refractivity contribution is 5.38. The molecule has 0 aliphatic carbocycles. The molecule has 15 heavy (non-hydrogen) atoms. The molecule has 0 N–H and O–H groups in total. The van der Waals surface area contributed by atoms with Gasteiger partial charge >= 0.3 is 0 Å². The molecule has 0 saturated heterocycles. The average Bonchev–Trinajstić information content (AvgIpc) is 2.25. The van der Waals surface area contributed by atoms with Crippen LogP contribution in [0.4, 0.5) is 0 Å². The quantitative estimate of drug-likeness (QED) is 0.682. The Morgan fingerprint density at radius 1 is 0.600 bits per heavy atom. The molecule has 0 amide bonds.